The molecule has 0 atom stereocenters. The van der Waals surface area contributed by atoms with Crippen LogP contribution in [0.1, 0.15) is 42.4 Å². The fourth-order valence-electron chi connectivity index (χ4n) is 2.76. The molecule has 0 amide bonds. The lowest BCUT2D eigenvalue weighted by Gasteiger charge is -2.23. The number of pyridine rings is 1. The largest absolute Gasteiger partial charge is 0.340 e. The molecule has 1 fully saturated rings. The van der Waals surface area contributed by atoms with E-state index >= 15 is 0 Å². The number of hydrogen-bond acceptors (Lipinski definition) is 5. The van der Waals surface area contributed by atoms with E-state index in [4.69, 9.17) is 0 Å². The van der Waals surface area contributed by atoms with Gasteiger partial charge >= 0.3 is 0 Å². The maximum Gasteiger partial charge on any atom is 0.191 e. The zero-order valence-electron chi connectivity index (χ0n) is 12.7. The number of aromatic amines is 1. The summed E-state index contributed by atoms with van der Waals surface area (Å²) in [6.07, 6.45) is 5.59. The molecule has 3 aromatic heterocycles. The Bertz CT molecular complexity index is 817. The van der Waals surface area contributed by atoms with Gasteiger partial charge in [-0.15, -0.1) is 10.2 Å². The Morgan fingerprint density at radius 2 is 2.23 bits per heavy atom. The average Bonchev–Trinajstić information content (AvgIpc) is 3.01. The molecule has 0 aromatic carbocycles. The van der Waals surface area contributed by atoms with Crippen molar-refractivity contribution >= 4 is 22.9 Å². The molecule has 0 aliphatic heterocycles. The van der Waals surface area contributed by atoms with Crippen molar-refractivity contribution in [2.45, 2.75) is 43.0 Å². The Labute approximate surface area is 132 Å². The number of nitrogens with zero attached hydrogens (tertiary/aromatic N) is 5. The minimum atomic E-state index is 0.602. The highest BCUT2D eigenvalue weighted by molar-refractivity contribution is 7.98. The molecule has 1 N–H and O–H groups in total. The Balaban J connectivity index is 1.51. The fraction of sp³-hybridized carbons (Fsp3) is 0.467. The van der Waals surface area contributed by atoms with E-state index < -0.39 is 0 Å². The lowest BCUT2D eigenvalue weighted by atomic mass is 9.85. The Kier molecular flexibility index (Phi) is 3.37. The van der Waals surface area contributed by atoms with Crippen molar-refractivity contribution in [3.63, 3.8) is 0 Å². The molecule has 7 heteroatoms. The first-order chi connectivity index (χ1) is 10.7. The number of H-pyrrole nitrogens is 1. The van der Waals surface area contributed by atoms with Gasteiger partial charge in [0.25, 0.3) is 0 Å². The third-order valence-electron chi connectivity index (χ3n) is 4.33. The van der Waals surface area contributed by atoms with Crippen LogP contribution in [0.3, 0.4) is 0 Å². The Morgan fingerprint density at radius 3 is 2.95 bits per heavy atom. The molecular formula is C15H18N6S. The van der Waals surface area contributed by atoms with Crippen LogP contribution in [0.15, 0.2) is 17.4 Å². The van der Waals surface area contributed by atoms with Crippen molar-refractivity contribution in [2.24, 2.45) is 7.05 Å². The standard InChI is InChI=1S/C15H18N6S/c1-9-6-7-16-13-12(9)17-11(18-13)8-22-15-20-19-14(21(15)2)10-4-3-5-10/h6-7,10H,3-5,8H2,1-2H3,(H,16,17,18). The van der Waals surface area contributed by atoms with Crippen molar-refractivity contribution in [3.05, 3.63) is 29.5 Å². The van der Waals surface area contributed by atoms with Gasteiger partial charge in [0, 0.05) is 19.2 Å². The highest BCUT2D eigenvalue weighted by atomic mass is 32.2. The number of imidazole rings is 1. The number of aryl methyl sites for hydroxylation is 1. The predicted molar refractivity (Wildman–Crippen MR) is 85.8 cm³/mol. The third-order valence-corrected chi connectivity index (χ3v) is 5.36. The number of rotatable bonds is 4. The smallest absolute Gasteiger partial charge is 0.191 e. The van der Waals surface area contributed by atoms with Crippen LogP contribution in [0, 0.1) is 6.92 Å². The topological polar surface area (TPSA) is 72.3 Å². The molecule has 114 valence electrons. The highest BCUT2D eigenvalue weighted by Gasteiger charge is 2.25. The number of thioether (sulfide) groups is 1. The molecule has 3 heterocycles. The van der Waals surface area contributed by atoms with Crippen molar-refractivity contribution < 1.29 is 0 Å². The van der Waals surface area contributed by atoms with Gasteiger partial charge in [0.1, 0.15) is 11.6 Å². The van der Waals surface area contributed by atoms with Gasteiger partial charge in [-0.25, -0.2) is 9.97 Å². The second-order valence-electron chi connectivity index (χ2n) is 5.83. The maximum atomic E-state index is 4.54. The molecule has 0 unspecified atom stereocenters. The van der Waals surface area contributed by atoms with Crippen molar-refractivity contribution in [2.75, 3.05) is 0 Å². The van der Waals surface area contributed by atoms with Gasteiger partial charge in [-0.2, -0.15) is 0 Å². The Morgan fingerprint density at radius 1 is 1.36 bits per heavy atom. The molecule has 3 aromatic rings. The molecule has 1 saturated carbocycles. The summed E-state index contributed by atoms with van der Waals surface area (Å²) in [5.41, 5.74) is 2.97. The molecule has 0 radical (unpaired) electrons. The van der Waals surface area contributed by atoms with E-state index in [1.165, 1.54) is 24.8 Å². The summed E-state index contributed by atoms with van der Waals surface area (Å²) in [5, 5.41) is 9.63. The average molecular weight is 314 g/mol. The SMILES string of the molecule is Cc1ccnc2nc(CSc3nnc(C4CCC4)n3C)[nH]c12. The van der Waals surface area contributed by atoms with E-state index in [9.17, 15) is 0 Å². The molecule has 6 nitrogen and oxygen atoms in total. The number of hydrogen-bond donors (Lipinski definition) is 1. The van der Waals surface area contributed by atoms with Crippen LogP contribution in [0.5, 0.6) is 0 Å². The third kappa shape index (κ3) is 2.29. The zero-order chi connectivity index (χ0) is 15.1. The van der Waals surface area contributed by atoms with Crippen LogP contribution in [-0.4, -0.2) is 29.7 Å². The first-order valence-electron chi connectivity index (χ1n) is 7.54. The number of nitrogens with one attached hydrogen (secondary N) is 1. The molecular weight excluding hydrogens is 296 g/mol. The first-order valence-corrected chi connectivity index (χ1v) is 8.53. The van der Waals surface area contributed by atoms with E-state index in [1.807, 2.05) is 6.07 Å². The quantitative estimate of drug-likeness (QED) is 0.750. The lowest BCUT2D eigenvalue weighted by Crippen LogP contribution is -2.14. The summed E-state index contributed by atoms with van der Waals surface area (Å²) in [7, 11) is 2.06. The monoisotopic (exact) mass is 314 g/mol. The predicted octanol–water partition coefficient (Wildman–Crippen LogP) is 2.95. The van der Waals surface area contributed by atoms with E-state index in [0.717, 1.165) is 33.7 Å². The normalized spacial score (nSPS) is 15.4. The molecule has 1 aliphatic rings. The molecule has 4 rings (SSSR count). The zero-order valence-corrected chi connectivity index (χ0v) is 13.5. The van der Waals surface area contributed by atoms with Crippen LogP contribution >= 0.6 is 11.8 Å². The van der Waals surface area contributed by atoms with Crippen LogP contribution in [-0.2, 0) is 12.8 Å². The lowest BCUT2D eigenvalue weighted by molar-refractivity contribution is 0.390. The van der Waals surface area contributed by atoms with Crippen LogP contribution < -0.4 is 0 Å². The molecule has 0 spiro atoms. The summed E-state index contributed by atoms with van der Waals surface area (Å²) in [4.78, 5) is 12.2. The highest BCUT2D eigenvalue weighted by Crippen LogP contribution is 2.36. The van der Waals surface area contributed by atoms with E-state index in [-0.39, 0.29) is 0 Å². The maximum absolute atomic E-state index is 4.54. The second-order valence-corrected chi connectivity index (χ2v) is 6.77. The minimum absolute atomic E-state index is 0.602. The van der Waals surface area contributed by atoms with Gasteiger partial charge in [-0.3, -0.25) is 0 Å². The molecule has 1 aliphatic carbocycles. The first kappa shape index (κ1) is 13.8. The fourth-order valence-corrected chi connectivity index (χ4v) is 3.55. The van der Waals surface area contributed by atoms with Gasteiger partial charge in [-0.1, -0.05) is 18.2 Å². The van der Waals surface area contributed by atoms with Gasteiger partial charge < -0.3 is 9.55 Å². The number of fused-ring (bicyclic) bond motifs is 1. The van der Waals surface area contributed by atoms with Crippen molar-refractivity contribution in [1.29, 1.82) is 0 Å². The van der Waals surface area contributed by atoms with Crippen molar-refractivity contribution in [1.82, 2.24) is 29.7 Å². The van der Waals surface area contributed by atoms with Gasteiger partial charge in [-0.05, 0) is 31.4 Å². The summed E-state index contributed by atoms with van der Waals surface area (Å²) in [6.45, 7) is 2.06. The van der Waals surface area contributed by atoms with E-state index in [1.54, 1.807) is 18.0 Å². The van der Waals surface area contributed by atoms with Gasteiger partial charge in [0.15, 0.2) is 10.8 Å². The van der Waals surface area contributed by atoms with E-state index in [0.29, 0.717) is 5.92 Å². The summed E-state index contributed by atoms with van der Waals surface area (Å²) in [5.74, 6) is 3.39. The van der Waals surface area contributed by atoms with Crippen LogP contribution in [0.2, 0.25) is 0 Å². The Hall–Kier alpha value is -1.89. The second kappa shape index (κ2) is 5.39. The summed E-state index contributed by atoms with van der Waals surface area (Å²) < 4.78 is 2.13. The molecule has 22 heavy (non-hydrogen) atoms. The van der Waals surface area contributed by atoms with Crippen LogP contribution in [0.25, 0.3) is 11.2 Å². The summed E-state index contributed by atoms with van der Waals surface area (Å²) >= 11 is 1.66. The van der Waals surface area contributed by atoms with Crippen LogP contribution in [0.4, 0.5) is 0 Å². The van der Waals surface area contributed by atoms with Gasteiger partial charge in [0.05, 0.1) is 11.3 Å². The molecule has 0 bridgehead atoms. The van der Waals surface area contributed by atoms with Gasteiger partial charge in [0.2, 0.25) is 0 Å². The van der Waals surface area contributed by atoms with Crippen molar-refractivity contribution in [3.8, 4) is 0 Å². The number of aromatic nitrogens is 6. The summed E-state index contributed by atoms with van der Waals surface area (Å²) in [6, 6.07) is 1.99. The minimum Gasteiger partial charge on any atom is -0.340 e. The van der Waals surface area contributed by atoms with E-state index in [2.05, 4.69) is 43.7 Å². The molecule has 0 saturated heterocycles.